The molecule has 0 unspecified atom stereocenters. The van der Waals surface area contributed by atoms with Crippen LogP contribution in [0.3, 0.4) is 0 Å². The molecule has 84 valence electrons. The molecule has 0 aromatic carbocycles. The normalized spacial score (nSPS) is 18.5. The van der Waals surface area contributed by atoms with Crippen LogP contribution in [0.15, 0.2) is 0 Å². The number of alkyl halides is 2. The second-order valence-electron chi connectivity index (χ2n) is 4.15. The summed E-state index contributed by atoms with van der Waals surface area (Å²) in [5.74, 6) is 0.671. The molecular weight excluding hydrogens is 334 g/mol. The van der Waals surface area contributed by atoms with Crippen molar-refractivity contribution in [2.24, 2.45) is 5.92 Å². The first-order valence-electron chi connectivity index (χ1n) is 4.54. The molecule has 0 amide bonds. The summed E-state index contributed by atoms with van der Waals surface area (Å²) in [6.07, 6.45) is 2.11. The van der Waals surface area contributed by atoms with Crippen LogP contribution in [0.2, 0.25) is 0 Å². The van der Waals surface area contributed by atoms with Crippen LogP contribution in [-0.4, -0.2) is 30.4 Å². The third-order valence-corrected chi connectivity index (χ3v) is 6.33. The van der Waals surface area contributed by atoms with E-state index in [1.165, 1.54) is 0 Å². The highest BCUT2D eigenvalue weighted by molar-refractivity contribution is 9.09. The Hall–Kier alpha value is 0.870. The van der Waals surface area contributed by atoms with Crippen LogP contribution in [0.4, 0.5) is 0 Å². The third-order valence-electron chi connectivity index (χ3n) is 2.14. The van der Waals surface area contributed by atoms with Crippen molar-refractivity contribution in [3.63, 3.8) is 0 Å². The number of nitrogens with one attached hydrogen (secondary N) is 1. The van der Waals surface area contributed by atoms with Gasteiger partial charge in [-0.25, -0.2) is 13.1 Å². The van der Waals surface area contributed by atoms with E-state index >= 15 is 0 Å². The summed E-state index contributed by atoms with van der Waals surface area (Å²) in [4.78, 5) is 0. The molecule has 0 bridgehead atoms. The molecule has 0 saturated heterocycles. The van der Waals surface area contributed by atoms with E-state index in [1.807, 2.05) is 6.92 Å². The van der Waals surface area contributed by atoms with E-state index in [1.54, 1.807) is 0 Å². The van der Waals surface area contributed by atoms with E-state index in [2.05, 4.69) is 36.6 Å². The maximum absolute atomic E-state index is 11.7. The monoisotopic (exact) mass is 347 g/mol. The van der Waals surface area contributed by atoms with Crippen LogP contribution < -0.4 is 4.72 Å². The van der Waals surface area contributed by atoms with Gasteiger partial charge in [-0.3, -0.25) is 0 Å². The minimum absolute atomic E-state index is 0.280. The molecule has 0 spiro atoms. The molecule has 0 atom stereocenters. The Kier molecular flexibility index (Phi) is 4.44. The lowest BCUT2D eigenvalue weighted by atomic mass is 10.1. The Labute approximate surface area is 102 Å². The van der Waals surface area contributed by atoms with Gasteiger partial charge in [-0.1, -0.05) is 31.9 Å². The van der Waals surface area contributed by atoms with Crippen LogP contribution in [0.1, 0.15) is 19.8 Å². The molecule has 14 heavy (non-hydrogen) atoms. The molecule has 1 fully saturated rings. The summed E-state index contributed by atoms with van der Waals surface area (Å²) in [6, 6.07) is 0. The van der Waals surface area contributed by atoms with Crippen LogP contribution in [0.5, 0.6) is 0 Å². The lowest BCUT2D eigenvalue weighted by molar-refractivity contribution is 0.507. The largest absolute Gasteiger partial charge is 0.212 e. The summed E-state index contributed by atoms with van der Waals surface area (Å²) in [7, 11) is -3.11. The van der Waals surface area contributed by atoms with E-state index in [0.29, 0.717) is 16.6 Å². The minimum Gasteiger partial charge on any atom is -0.212 e. The lowest BCUT2D eigenvalue weighted by Crippen LogP contribution is -2.49. The topological polar surface area (TPSA) is 46.2 Å². The molecule has 0 radical (unpaired) electrons. The van der Waals surface area contributed by atoms with Crippen molar-refractivity contribution in [3.8, 4) is 0 Å². The smallest absolute Gasteiger partial charge is 0.212 e. The average molecular weight is 349 g/mol. The summed E-state index contributed by atoms with van der Waals surface area (Å²) in [6.45, 7) is 1.88. The fourth-order valence-electron chi connectivity index (χ4n) is 1.10. The van der Waals surface area contributed by atoms with Crippen molar-refractivity contribution in [3.05, 3.63) is 0 Å². The van der Waals surface area contributed by atoms with Crippen LogP contribution >= 0.6 is 31.9 Å². The Morgan fingerprint density at radius 2 is 1.86 bits per heavy atom. The van der Waals surface area contributed by atoms with Gasteiger partial charge in [-0.15, -0.1) is 0 Å². The molecule has 6 heteroatoms. The second-order valence-corrected chi connectivity index (χ2v) is 7.04. The molecule has 1 aliphatic carbocycles. The Morgan fingerprint density at radius 3 is 2.21 bits per heavy atom. The predicted molar refractivity (Wildman–Crippen MR) is 65.6 cm³/mol. The average Bonchev–Trinajstić information content (AvgIpc) is 2.86. The van der Waals surface area contributed by atoms with Gasteiger partial charge >= 0.3 is 0 Å². The number of hydrogen-bond donors (Lipinski definition) is 1. The first-order valence-corrected chi connectivity index (χ1v) is 8.44. The van der Waals surface area contributed by atoms with E-state index in [4.69, 9.17) is 0 Å². The second kappa shape index (κ2) is 4.80. The molecule has 3 nitrogen and oxygen atoms in total. The molecule has 1 saturated carbocycles. The molecule has 1 rings (SSSR count). The van der Waals surface area contributed by atoms with E-state index in [0.717, 1.165) is 12.8 Å². The first kappa shape index (κ1) is 12.9. The summed E-state index contributed by atoms with van der Waals surface area (Å²) < 4.78 is 26.0. The zero-order chi connectivity index (χ0) is 10.8. The number of rotatable bonds is 6. The fourth-order valence-corrected chi connectivity index (χ4v) is 4.61. The lowest BCUT2D eigenvalue weighted by Gasteiger charge is -2.25. The Bertz CT molecular complexity index is 284. The fraction of sp³-hybridized carbons (Fsp3) is 1.00. The van der Waals surface area contributed by atoms with Crippen LogP contribution in [-0.2, 0) is 10.0 Å². The van der Waals surface area contributed by atoms with Crippen molar-refractivity contribution < 1.29 is 8.42 Å². The molecular formula is C8H15Br2NO2S. The van der Waals surface area contributed by atoms with Gasteiger partial charge in [-0.05, 0) is 25.7 Å². The number of halogens is 2. The van der Waals surface area contributed by atoms with Gasteiger partial charge in [0, 0.05) is 16.2 Å². The quantitative estimate of drug-likeness (QED) is 0.745. The molecule has 0 aromatic heterocycles. The maximum Gasteiger partial charge on any atom is 0.212 e. The summed E-state index contributed by atoms with van der Waals surface area (Å²) >= 11 is 6.62. The minimum atomic E-state index is -3.11. The highest BCUT2D eigenvalue weighted by Crippen LogP contribution is 2.30. The van der Waals surface area contributed by atoms with Crippen molar-refractivity contribution in [1.29, 1.82) is 0 Å². The van der Waals surface area contributed by atoms with Crippen molar-refractivity contribution >= 4 is 41.9 Å². The van der Waals surface area contributed by atoms with Gasteiger partial charge in [-0.2, -0.15) is 0 Å². The maximum atomic E-state index is 11.7. The zero-order valence-electron chi connectivity index (χ0n) is 8.09. The van der Waals surface area contributed by atoms with Gasteiger partial charge in [0.1, 0.15) is 0 Å². The Morgan fingerprint density at radius 1 is 1.36 bits per heavy atom. The zero-order valence-corrected chi connectivity index (χ0v) is 12.1. The van der Waals surface area contributed by atoms with Crippen molar-refractivity contribution in [2.45, 2.75) is 25.3 Å². The molecule has 1 aliphatic rings. The van der Waals surface area contributed by atoms with E-state index < -0.39 is 15.6 Å². The SMILES string of the molecule is CC(CBr)(CBr)NS(=O)(=O)CC1CC1. The van der Waals surface area contributed by atoms with Gasteiger partial charge < -0.3 is 0 Å². The van der Waals surface area contributed by atoms with Gasteiger partial charge in [0.2, 0.25) is 10.0 Å². The van der Waals surface area contributed by atoms with Crippen molar-refractivity contribution in [2.75, 3.05) is 16.4 Å². The first-order chi connectivity index (χ1) is 6.41. The highest BCUT2D eigenvalue weighted by atomic mass is 79.9. The highest BCUT2D eigenvalue weighted by Gasteiger charge is 2.32. The third kappa shape index (κ3) is 4.16. The predicted octanol–water partition coefficient (Wildman–Crippen LogP) is 1.86. The Balaban J connectivity index is 2.55. The summed E-state index contributed by atoms with van der Waals surface area (Å²) in [5.41, 5.74) is -0.423. The number of sulfonamides is 1. The molecule has 1 N–H and O–H groups in total. The van der Waals surface area contributed by atoms with E-state index in [9.17, 15) is 8.42 Å². The molecule has 0 heterocycles. The number of hydrogen-bond acceptors (Lipinski definition) is 2. The van der Waals surface area contributed by atoms with Crippen molar-refractivity contribution in [1.82, 2.24) is 4.72 Å². The molecule has 0 aliphatic heterocycles. The van der Waals surface area contributed by atoms with Gasteiger partial charge in [0.15, 0.2) is 0 Å². The van der Waals surface area contributed by atoms with Gasteiger partial charge in [0.25, 0.3) is 0 Å². The summed E-state index contributed by atoms with van der Waals surface area (Å²) in [5, 5.41) is 1.21. The van der Waals surface area contributed by atoms with Gasteiger partial charge in [0.05, 0.1) is 5.75 Å². The van der Waals surface area contributed by atoms with Crippen LogP contribution in [0.25, 0.3) is 0 Å². The van der Waals surface area contributed by atoms with E-state index in [-0.39, 0.29) is 5.75 Å². The molecule has 0 aromatic rings. The standard InChI is InChI=1S/C8H15Br2NO2S/c1-8(5-9,6-10)11-14(12,13)4-7-2-3-7/h7,11H,2-6H2,1H3. The van der Waals surface area contributed by atoms with Crippen LogP contribution in [0, 0.1) is 5.92 Å².